The lowest BCUT2D eigenvalue weighted by atomic mass is 9.87. The largest absolute Gasteiger partial charge is 0.482 e. The Bertz CT molecular complexity index is 873. The number of nitrogens with zero attached hydrogens (tertiary/aromatic N) is 4. The van der Waals surface area contributed by atoms with Gasteiger partial charge in [-0.05, 0) is 36.1 Å². The van der Waals surface area contributed by atoms with Crippen molar-refractivity contribution in [3.63, 3.8) is 0 Å². The summed E-state index contributed by atoms with van der Waals surface area (Å²) in [6.07, 6.45) is 2.53. The third-order valence-electron chi connectivity index (χ3n) is 5.16. The molecule has 0 spiro atoms. The van der Waals surface area contributed by atoms with E-state index < -0.39 is 12.1 Å². The van der Waals surface area contributed by atoms with E-state index in [-0.39, 0.29) is 17.9 Å². The highest BCUT2D eigenvalue weighted by Gasteiger charge is 2.28. The summed E-state index contributed by atoms with van der Waals surface area (Å²) in [7, 11) is 0. The Morgan fingerprint density at radius 2 is 1.65 bits per heavy atom. The molecular formula is C23H30N4O4. The molecule has 1 aliphatic heterocycles. The number of hydrogen-bond donors (Lipinski definition) is 0. The number of aromatic nitrogens is 2. The molecule has 1 fully saturated rings. The van der Waals surface area contributed by atoms with Crippen molar-refractivity contribution >= 4 is 17.8 Å². The predicted molar refractivity (Wildman–Crippen MR) is 117 cm³/mol. The van der Waals surface area contributed by atoms with Crippen LogP contribution in [0, 0.1) is 0 Å². The maximum atomic E-state index is 12.6. The molecule has 1 saturated heterocycles. The number of ether oxygens (including phenoxy) is 2. The van der Waals surface area contributed by atoms with Gasteiger partial charge in [0.05, 0.1) is 0 Å². The van der Waals surface area contributed by atoms with Crippen LogP contribution in [0.5, 0.6) is 5.75 Å². The first-order valence-corrected chi connectivity index (χ1v) is 10.5. The second-order valence-corrected chi connectivity index (χ2v) is 8.56. The normalized spacial score (nSPS) is 15.4. The van der Waals surface area contributed by atoms with Crippen molar-refractivity contribution in [3.05, 3.63) is 48.3 Å². The van der Waals surface area contributed by atoms with E-state index in [1.807, 2.05) is 29.2 Å². The standard InChI is InChI=1S/C23H30N4O4/c1-17(21(29)26-12-14-27(15-13-26)22-24-10-5-11-25-22)31-20(28)16-30-19-8-6-18(7-9-19)23(2,3)4/h5-11,17H,12-16H2,1-4H3. The molecule has 8 heteroatoms. The quantitative estimate of drug-likeness (QED) is 0.656. The van der Waals surface area contributed by atoms with Crippen LogP contribution in [0.2, 0.25) is 0 Å². The van der Waals surface area contributed by atoms with Gasteiger partial charge in [-0.25, -0.2) is 14.8 Å². The zero-order valence-electron chi connectivity index (χ0n) is 18.6. The molecule has 1 aromatic carbocycles. The zero-order chi connectivity index (χ0) is 22.4. The number of esters is 1. The van der Waals surface area contributed by atoms with Crippen LogP contribution >= 0.6 is 0 Å². The highest BCUT2D eigenvalue weighted by atomic mass is 16.6. The third-order valence-corrected chi connectivity index (χ3v) is 5.16. The molecule has 2 heterocycles. The van der Waals surface area contributed by atoms with Crippen LogP contribution in [-0.4, -0.2) is 65.6 Å². The fourth-order valence-electron chi connectivity index (χ4n) is 3.31. The van der Waals surface area contributed by atoms with Gasteiger partial charge in [-0.1, -0.05) is 32.9 Å². The third kappa shape index (κ3) is 6.16. The Kier molecular flexibility index (Phi) is 7.09. The molecule has 1 atom stereocenters. The van der Waals surface area contributed by atoms with Crippen molar-refractivity contribution in [3.8, 4) is 5.75 Å². The summed E-state index contributed by atoms with van der Waals surface area (Å²) >= 11 is 0. The number of amides is 1. The molecule has 1 aromatic heterocycles. The first-order chi connectivity index (χ1) is 14.7. The van der Waals surface area contributed by atoms with E-state index in [2.05, 4.69) is 30.7 Å². The summed E-state index contributed by atoms with van der Waals surface area (Å²) in [4.78, 5) is 37.0. The van der Waals surface area contributed by atoms with Gasteiger partial charge in [0.15, 0.2) is 12.7 Å². The molecule has 8 nitrogen and oxygen atoms in total. The fourth-order valence-corrected chi connectivity index (χ4v) is 3.31. The summed E-state index contributed by atoms with van der Waals surface area (Å²) in [6.45, 7) is 10.0. The van der Waals surface area contributed by atoms with Crippen molar-refractivity contribution in [2.75, 3.05) is 37.7 Å². The number of rotatable bonds is 6. The molecule has 2 aromatic rings. The first-order valence-electron chi connectivity index (χ1n) is 10.5. The second-order valence-electron chi connectivity index (χ2n) is 8.56. The van der Waals surface area contributed by atoms with Crippen molar-refractivity contribution < 1.29 is 19.1 Å². The summed E-state index contributed by atoms with van der Waals surface area (Å²) in [6, 6.07) is 9.39. The lowest BCUT2D eigenvalue weighted by Crippen LogP contribution is -2.52. The number of carbonyl (C=O) groups excluding carboxylic acids is 2. The summed E-state index contributed by atoms with van der Waals surface area (Å²) in [5.74, 6) is 0.457. The summed E-state index contributed by atoms with van der Waals surface area (Å²) in [5.41, 5.74) is 1.23. The van der Waals surface area contributed by atoms with Crippen LogP contribution in [0.15, 0.2) is 42.7 Å². The van der Waals surface area contributed by atoms with E-state index in [1.165, 1.54) is 5.56 Å². The van der Waals surface area contributed by atoms with E-state index in [0.717, 1.165) is 0 Å². The lowest BCUT2D eigenvalue weighted by molar-refractivity contribution is -0.160. The van der Waals surface area contributed by atoms with E-state index in [0.29, 0.717) is 37.9 Å². The summed E-state index contributed by atoms with van der Waals surface area (Å²) < 4.78 is 10.8. The van der Waals surface area contributed by atoms with Crippen LogP contribution in [-0.2, 0) is 19.7 Å². The Morgan fingerprint density at radius 1 is 1.03 bits per heavy atom. The van der Waals surface area contributed by atoms with Gasteiger partial charge in [-0.3, -0.25) is 4.79 Å². The van der Waals surface area contributed by atoms with Gasteiger partial charge >= 0.3 is 5.97 Å². The van der Waals surface area contributed by atoms with Gasteiger partial charge in [-0.15, -0.1) is 0 Å². The van der Waals surface area contributed by atoms with Crippen molar-refractivity contribution in [2.24, 2.45) is 0 Å². The van der Waals surface area contributed by atoms with Crippen molar-refractivity contribution in [2.45, 2.75) is 39.2 Å². The highest BCUT2D eigenvalue weighted by molar-refractivity contribution is 5.84. The smallest absolute Gasteiger partial charge is 0.344 e. The number of piperazine rings is 1. The van der Waals surface area contributed by atoms with E-state index in [1.54, 1.807) is 30.3 Å². The van der Waals surface area contributed by atoms with Gasteiger partial charge in [0.2, 0.25) is 5.95 Å². The van der Waals surface area contributed by atoms with Crippen LogP contribution in [0.25, 0.3) is 0 Å². The molecule has 1 aliphatic rings. The van der Waals surface area contributed by atoms with Crippen LogP contribution in [0.4, 0.5) is 5.95 Å². The van der Waals surface area contributed by atoms with Gasteiger partial charge in [0.1, 0.15) is 5.75 Å². The zero-order valence-corrected chi connectivity index (χ0v) is 18.6. The Balaban J connectivity index is 1.42. The molecule has 3 rings (SSSR count). The van der Waals surface area contributed by atoms with Crippen LogP contribution in [0.1, 0.15) is 33.3 Å². The lowest BCUT2D eigenvalue weighted by Gasteiger charge is -2.35. The van der Waals surface area contributed by atoms with E-state index >= 15 is 0 Å². The van der Waals surface area contributed by atoms with Crippen LogP contribution in [0.3, 0.4) is 0 Å². The molecule has 166 valence electrons. The topological polar surface area (TPSA) is 84.9 Å². The number of carbonyl (C=O) groups is 2. The Morgan fingerprint density at radius 3 is 2.23 bits per heavy atom. The molecule has 0 aliphatic carbocycles. The first kappa shape index (κ1) is 22.5. The average Bonchev–Trinajstić information content (AvgIpc) is 2.77. The Labute approximate surface area is 183 Å². The number of hydrogen-bond acceptors (Lipinski definition) is 7. The maximum absolute atomic E-state index is 12.6. The number of anilines is 1. The van der Waals surface area contributed by atoms with Crippen LogP contribution < -0.4 is 9.64 Å². The van der Waals surface area contributed by atoms with Crippen molar-refractivity contribution in [1.82, 2.24) is 14.9 Å². The minimum absolute atomic E-state index is 0.0485. The van der Waals surface area contributed by atoms with Gasteiger partial charge < -0.3 is 19.3 Å². The molecule has 1 unspecified atom stereocenters. The molecule has 0 saturated carbocycles. The van der Waals surface area contributed by atoms with Crippen molar-refractivity contribution in [1.29, 1.82) is 0 Å². The monoisotopic (exact) mass is 426 g/mol. The summed E-state index contributed by atoms with van der Waals surface area (Å²) in [5, 5.41) is 0. The molecule has 0 radical (unpaired) electrons. The van der Waals surface area contributed by atoms with E-state index in [4.69, 9.17) is 9.47 Å². The van der Waals surface area contributed by atoms with Gasteiger partial charge in [0, 0.05) is 38.6 Å². The molecule has 0 bridgehead atoms. The minimum Gasteiger partial charge on any atom is -0.482 e. The Hall–Kier alpha value is -3.16. The second kappa shape index (κ2) is 9.76. The number of benzene rings is 1. The maximum Gasteiger partial charge on any atom is 0.344 e. The molecule has 1 amide bonds. The highest BCUT2D eigenvalue weighted by Crippen LogP contribution is 2.24. The molecular weight excluding hydrogens is 396 g/mol. The SMILES string of the molecule is CC(OC(=O)COc1ccc(C(C)(C)C)cc1)C(=O)N1CCN(c2ncccn2)CC1. The van der Waals surface area contributed by atoms with E-state index in [9.17, 15) is 9.59 Å². The predicted octanol–water partition coefficient (Wildman–Crippen LogP) is 2.43. The minimum atomic E-state index is -0.862. The van der Waals surface area contributed by atoms with Gasteiger partial charge in [0.25, 0.3) is 5.91 Å². The molecule has 0 N–H and O–H groups in total. The fraction of sp³-hybridized carbons (Fsp3) is 0.478. The molecule has 31 heavy (non-hydrogen) atoms. The average molecular weight is 427 g/mol. The van der Waals surface area contributed by atoms with Gasteiger partial charge in [-0.2, -0.15) is 0 Å².